The zero-order chi connectivity index (χ0) is 18.1. The second-order valence-electron chi connectivity index (χ2n) is 6.10. The zero-order valence-corrected chi connectivity index (χ0v) is 13.9. The maximum atomic E-state index is 13.1. The average molecular weight is 340 g/mol. The Hall–Kier alpha value is -3.59. The molecule has 0 atom stereocenters. The van der Waals surface area contributed by atoms with Crippen molar-refractivity contribution in [1.82, 2.24) is 0 Å². The Kier molecular flexibility index (Phi) is 3.90. The van der Waals surface area contributed by atoms with Gasteiger partial charge in [-0.15, -0.1) is 0 Å². The van der Waals surface area contributed by atoms with Crippen molar-refractivity contribution < 1.29 is 15.0 Å². The molecule has 0 bridgehead atoms. The Balaban J connectivity index is 1.95. The van der Waals surface area contributed by atoms with Crippen molar-refractivity contribution in [3.63, 3.8) is 0 Å². The van der Waals surface area contributed by atoms with Crippen molar-refractivity contribution in [3.8, 4) is 22.6 Å². The largest absolute Gasteiger partial charge is 0.508 e. The van der Waals surface area contributed by atoms with Crippen molar-refractivity contribution in [2.45, 2.75) is 0 Å². The molecule has 0 saturated heterocycles. The van der Waals surface area contributed by atoms with Gasteiger partial charge in [-0.25, -0.2) is 0 Å². The number of phenolic OH excluding ortho intramolecular Hbond substituents is 2. The van der Waals surface area contributed by atoms with Crippen LogP contribution in [-0.4, -0.2) is 16.0 Å². The van der Waals surface area contributed by atoms with Crippen molar-refractivity contribution in [2.24, 2.45) is 0 Å². The third kappa shape index (κ3) is 2.70. The molecule has 0 radical (unpaired) electrons. The lowest BCUT2D eigenvalue weighted by Crippen LogP contribution is -2.04. The standard InChI is InChI=1S/C23H16O3/c24-17-13-11-16(12-14-17)23(26)22-20(9-4-10-21(22)25)19-8-3-6-15-5-1-2-7-18(15)19/h1-14,24-25H. The molecule has 3 heteroatoms. The summed E-state index contributed by atoms with van der Waals surface area (Å²) in [6, 6.07) is 25.0. The molecule has 4 aromatic carbocycles. The first-order valence-electron chi connectivity index (χ1n) is 8.29. The van der Waals surface area contributed by atoms with Gasteiger partial charge in [0, 0.05) is 5.56 Å². The van der Waals surface area contributed by atoms with Crippen molar-refractivity contribution in [2.75, 3.05) is 0 Å². The summed E-state index contributed by atoms with van der Waals surface area (Å²) in [5, 5.41) is 22.0. The maximum absolute atomic E-state index is 13.1. The van der Waals surface area contributed by atoms with Crippen LogP contribution in [0.25, 0.3) is 21.9 Å². The van der Waals surface area contributed by atoms with Gasteiger partial charge in [-0.2, -0.15) is 0 Å². The summed E-state index contributed by atoms with van der Waals surface area (Å²) >= 11 is 0. The lowest BCUT2D eigenvalue weighted by atomic mass is 9.90. The lowest BCUT2D eigenvalue weighted by molar-refractivity contribution is 0.103. The lowest BCUT2D eigenvalue weighted by Gasteiger charge is -2.13. The quantitative estimate of drug-likeness (QED) is 0.507. The van der Waals surface area contributed by atoms with Crippen molar-refractivity contribution in [3.05, 3.63) is 96.1 Å². The highest BCUT2D eigenvalue weighted by Gasteiger charge is 2.20. The van der Waals surface area contributed by atoms with Crippen LogP contribution in [0.3, 0.4) is 0 Å². The van der Waals surface area contributed by atoms with Crippen LogP contribution in [0, 0.1) is 0 Å². The van der Waals surface area contributed by atoms with E-state index in [1.165, 1.54) is 18.2 Å². The van der Waals surface area contributed by atoms with Gasteiger partial charge >= 0.3 is 0 Å². The van der Waals surface area contributed by atoms with E-state index in [2.05, 4.69) is 0 Å². The van der Waals surface area contributed by atoms with Gasteiger partial charge in [0.2, 0.25) is 0 Å². The molecule has 0 saturated carbocycles. The van der Waals surface area contributed by atoms with Gasteiger partial charge in [-0.05, 0) is 52.2 Å². The number of hydrogen-bond acceptors (Lipinski definition) is 3. The molecule has 0 aromatic heterocycles. The SMILES string of the molecule is O=C(c1ccc(O)cc1)c1c(O)cccc1-c1cccc2ccccc12. The molecule has 126 valence electrons. The predicted octanol–water partition coefficient (Wildman–Crippen LogP) is 5.15. The third-order valence-corrected chi connectivity index (χ3v) is 4.48. The van der Waals surface area contributed by atoms with Crippen LogP contribution in [0.1, 0.15) is 15.9 Å². The fraction of sp³-hybridized carbons (Fsp3) is 0. The second-order valence-corrected chi connectivity index (χ2v) is 6.10. The van der Waals surface area contributed by atoms with E-state index in [1.807, 2.05) is 48.5 Å². The van der Waals surface area contributed by atoms with Crippen LogP contribution in [-0.2, 0) is 0 Å². The van der Waals surface area contributed by atoms with E-state index in [-0.39, 0.29) is 22.8 Å². The van der Waals surface area contributed by atoms with Crippen molar-refractivity contribution >= 4 is 16.6 Å². The Bertz CT molecular complexity index is 1110. The number of benzene rings is 4. The maximum Gasteiger partial charge on any atom is 0.197 e. The number of aromatic hydroxyl groups is 2. The molecule has 2 N–H and O–H groups in total. The van der Waals surface area contributed by atoms with Gasteiger partial charge in [-0.1, -0.05) is 54.6 Å². The zero-order valence-electron chi connectivity index (χ0n) is 13.9. The first-order chi connectivity index (χ1) is 12.6. The Morgan fingerprint density at radius 1 is 0.654 bits per heavy atom. The number of phenols is 2. The van der Waals surface area contributed by atoms with Gasteiger partial charge in [0.1, 0.15) is 11.5 Å². The van der Waals surface area contributed by atoms with Crippen LogP contribution in [0.15, 0.2) is 84.9 Å². The van der Waals surface area contributed by atoms with Crippen molar-refractivity contribution in [1.29, 1.82) is 0 Å². The van der Waals surface area contributed by atoms with Crippen LogP contribution in [0.4, 0.5) is 0 Å². The number of ketones is 1. The summed E-state index contributed by atoms with van der Waals surface area (Å²) in [4.78, 5) is 13.1. The highest BCUT2D eigenvalue weighted by atomic mass is 16.3. The molecule has 4 aromatic rings. The fourth-order valence-electron chi connectivity index (χ4n) is 3.22. The summed E-state index contributed by atoms with van der Waals surface area (Å²) in [5.41, 5.74) is 2.24. The molecule has 0 spiro atoms. The van der Waals surface area contributed by atoms with Crippen LogP contribution >= 0.6 is 0 Å². The third-order valence-electron chi connectivity index (χ3n) is 4.48. The molecule has 0 aliphatic carbocycles. The van der Waals surface area contributed by atoms with Gasteiger partial charge in [0.05, 0.1) is 5.56 Å². The molecule has 0 amide bonds. The summed E-state index contributed by atoms with van der Waals surface area (Å²) < 4.78 is 0. The van der Waals surface area contributed by atoms with E-state index >= 15 is 0 Å². The minimum Gasteiger partial charge on any atom is -0.508 e. The topological polar surface area (TPSA) is 57.5 Å². The van der Waals surface area contributed by atoms with E-state index in [4.69, 9.17) is 0 Å². The molecule has 0 aliphatic heterocycles. The minimum absolute atomic E-state index is 0.0616. The van der Waals surface area contributed by atoms with Crippen LogP contribution in [0.5, 0.6) is 11.5 Å². The first kappa shape index (κ1) is 15.9. The smallest absolute Gasteiger partial charge is 0.197 e. The monoisotopic (exact) mass is 340 g/mol. The molecule has 26 heavy (non-hydrogen) atoms. The number of carbonyl (C=O) groups excluding carboxylic acids is 1. The molecule has 3 nitrogen and oxygen atoms in total. The first-order valence-corrected chi connectivity index (χ1v) is 8.29. The second kappa shape index (κ2) is 6.37. The average Bonchev–Trinajstić information content (AvgIpc) is 2.67. The Morgan fingerprint density at radius 3 is 2.12 bits per heavy atom. The highest BCUT2D eigenvalue weighted by Crippen LogP contribution is 2.36. The Morgan fingerprint density at radius 2 is 1.31 bits per heavy atom. The van der Waals surface area contributed by atoms with Crippen LogP contribution in [0.2, 0.25) is 0 Å². The fourth-order valence-corrected chi connectivity index (χ4v) is 3.22. The van der Waals surface area contributed by atoms with Gasteiger partial charge in [0.15, 0.2) is 5.78 Å². The normalized spacial score (nSPS) is 10.8. The predicted molar refractivity (Wildman–Crippen MR) is 103 cm³/mol. The van der Waals surface area contributed by atoms with Gasteiger partial charge in [0.25, 0.3) is 0 Å². The highest BCUT2D eigenvalue weighted by molar-refractivity contribution is 6.16. The number of carbonyl (C=O) groups is 1. The summed E-state index contributed by atoms with van der Waals surface area (Å²) in [7, 11) is 0. The van der Waals surface area contributed by atoms with E-state index in [0.29, 0.717) is 11.1 Å². The summed E-state index contributed by atoms with van der Waals surface area (Å²) in [6.45, 7) is 0. The molecular formula is C23H16O3. The molecule has 0 fully saturated rings. The van der Waals surface area contributed by atoms with Gasteiger partial charge in [-0.3, -0.25) is 4.79 Å². The number of rotatable bonds is 3. The molecular weight excluding hydrogens is 324 g/mol. The molecule has 0 unspecified atom stereocenters. The van der Waals surface area contributed by atoms with Gasteiger partial charge < -0.3 is 10.2 Å². The molecule has 0 aliphatic rings. The van der Waals surface area contributed by atoms with E-state index < -0.39 is 0 Å². The minimum atomic E-state index is -0.286. The Labute approximate surface area is 150 Å². The number of hydrogen-bond donors (Lipinski definition) is 2. The summed E-state index contributed by atoms with van der Waals surface area (Å²) in [5.74, 6) is -0.257. The van der Waals surface area contributed by atoms with E-state index in [9.17, 15) is 15.0 Å². The molecule has 4 rings (SSSR count). The van der Waals surface area contributed by atoms with Crippen LogP contribution < -0.4 is 0 Å². The van der Waals surface area contributed by atoms with E-state index in [1.54, 1.807) is 18.2 Å². The number of fused-ring (bicyclic) bond motifs is 1. The van der Waals surface area contributed by atoms with E-state index in [0.717, 1.165) is 16.3 Å². The molecule has 0 heterocycles. The summed E-state index contributed by atoms with van der Waals surface area (Å²) in [6.07, 6.45) is 0.